The van der Waals surface area contributed by atoms with Crippen molar-refractivity contribution in [3.8, 4) is 6.07 Å². The van der Waals surface area contributed by atoms with Crippen LogP contribution >= 0.6 is 0 Å². The van der Waals surface area contributed by atoms with Gasteiger partial charge in [-0.3, -0.25) is 9.58 Å². The van der Waals surface area contributed by atoms with E-state index in [0.29, 0.717) is 0 Å². The predicted octanol–water partition coefficient (Wildman–Crippen LogP) is 3.06. The molecule has 1 aliphatic rings. The van der Waals surface area contributed by atoms with E-state index >= 15 is 0 Å². The van der Waals surface area contributed by atoms with Gasteiger partial charge in [-0.05, 0) is 50.0 Å². The highest BCUT2D eigenvalue weighted by atomic mass is 15.3. The Labute approximate surface area is 132 Å². The molecule has 4 heteroatoms. The number of hydrogen-bond donors (Lipinski definition) is 0. The highest BCUT2D eigenvalue weighted by molar-refractivity contribution is 5.23. The predicted molar refractivity (Wildman–Crippen MR) is 86.0 cm³/mol. The molecule has 1 aromatic carbocycles. The summed E-state index contributed by atoms with van der Waals surface area (Å²) in [6.45, 7) is 5.87. The second kappa shape index (κ2) is 6.33. The van der Waals surface area contributed by atoms with Gasteiger partial charge in [-0.2, -0.15) is 10.4 Å². The molecule has 1 aromatic heterocycles. The van der Waals surface area contributed by atoms with Gasteiger partial charge in [0.15, 0.2) is 0 Å². The van der Waals surface area contributed by atoms with Crippen molar-refractivity contribution < 1.29 is 0 Å². The van der Waals surface area contributed by atoms with Crippen LogP contribution in [-0.4, -0.2) is 27.8 Å². The lowest BCUT2D eigenvalue weighted by molar-refractivity contribution is 0.150. The van der Waals surface area contributed by atoms with E-state index in [4.69, 9.17) is 0 Å². The third-order valence-electron chi connectivity index (χ3n) is 4.53. The minimum Gasteiger partial charge on any atom is -0.299 e. The van der Waals surface area contributed by atoms with Crippen LogP contribution in [0, 0.1) is 16.7 Å². The number of benzene rings is 1. The number of rotatable bonds is 4. The molecule has 3 rings (SSSR count). The van der Waals surface area contributed by atoms with Gasteiger partial charge in [0, 0.05) is 18.9 Å². The standard InChI is InChI=1S/C18H22N4/c1-18(15-19)6-10-21(11-7-18)13-16-4-2-5-17(12-16)14-22-9-3-8-20-22/h2-5,8-9,12H,6-7,10-11,13-14H2,1H3. The zero-order valence-electron chi connectivity index (χ0n) is 13.1. The molecule has 114 valence electrons. The number of aromatic nitrogens is 2. The molecule has 0 bridgehead atoms. The molecule has 0 amide bonds. The molecule has 1 saturated heterocycles. The average Bonchev–Trinajstić information content (AvgIpc) is 3.03. The molecule has 1 aliphatic heterocycles. The number of nitriles is 1. The van der Waals surface area contributed by atoms with Crippen molar-refractivity contribution in [2.24, 2.45) is 5.41 Å². The van der Waals surface area contributed by atoms with Gasteiger partial charge in [0.25, 0.3) is 0 Å². The molecular weight excluding hydrogens is 272 g/mol. The Morgan fingerprint density at radius 1 is 1.18 bits per heavy atom. The van der Waals surface area contributed by atoms with Crippen LogP contribution in [0.15, 0.2) is 42.7 Å². The van der Waals surface area contributed by atoms with Gasteiger partial charge in [-0.15, -0.1) is 0 Å². The Kier molecular flexibility index (Phi) is 4.26. The van der Waals surface area contributed by atoms with Gasteiger partial charge in [-0.25, -0.2) is 0 Å². The number of nitrogens with zero attached hydrogens (tertiary/aromatic N) is 4. The maximum Gasteiger partial charge on any atom is 0.0687 e. The minimum atomic E-state index is -0.127. The molecule has 1 fully saturated rings. The molecule has 0 unspecified atom stereocenters. The van der Waals surface area contributed by atoms with E-state index in [1.165, 1.54) is 11.1 Å². The fourth-order valence-electron chi connectivity index (χ4n) is 2.98. The second-order valence-electron chi connectivity index (χ2n) is 6.47. The molecular formula is C18H22N4. The monoisotopic (exact) mass is 294 g/mol. The fraction of sp³-hybridized carbons (Fsp3) is 0.444. The Balaban J connectivity index is 1.60. The van der Waals surface area contributed by atoms with Crippen molar-refractivity contribution in [3.05, 3.63) is 53.9 Å². The van der Waals surface area contributed by atoms with Crippen molar-refractivity contribution >= 4 is 0 Å². The first-order valence-corrected chi connectivity index (χ1v) is 7.86. The average molecular weight is 294 g/mol. The summed E-state index contributed by atoms with van der Waals surface area (Å²) in [7, 11) is 0. The van der Waals surface area contributed by atoms with Crippen molar-refractivity contribution in [1.82, 2.24) is 14.7 Å². The summed E-state index contributed by atoms with van der Waals surface area (Å²) >= 11 is 0. The lowest BCUT2D eigenvalue weighted by Crippen LogP contribution is -2.37. The molecule has 0 spiro atoms. The first-order valence-electron chi connectivity index (χ1n) is 7.86. The number of likely N-dealkylation sites (tertiary alicyclic amines) is 1. The van der Waals surface area contributed by atoms with E-state index in [2.05, 4.69) is 47.3 Å². The largest absolute Gasteiger partial charge is 0.299 e. The van der Waals surface area contributed by atoms with Crippen molar-refractivity contribution in [3.63, 3.8) is 0 Å². The summed E-state index contributed by atoms with van der Waals surface area (Å²) in [6, 6.07) is 13.1. The van der Waals surface area contributed by atoms with E-state index < -0.39 is 0 Å². The Morgan fingerprint density at radius 2 is 1.91 bits per heavy atom. The third-order valence-corrected chi connectivity index (χ3v) is 4.53. The second-order valence-corrected chi connectivity index (χ2v) is 6.47. The molecule has 0 saturated carbocycles. The normalized spacial score (nSPS) is 18.0. The van der Waals surface area contributed by atoms with Crippen LogP contribution < -0.4 is 0 Å². The lowest BCUT2D eigenvalue weighted by Gasteiger charge is -2.34. The van der Waals surface area contributed by atoms with E-state index in [0.717, 1.165) is 39.0 Å². The molecule has 0 aliphatic carbocycles. The van der Waals surface area contributed by atoms with Crippen LogP contribution in [0.3, 0.4) is 0 Å². The topological polar surface area (TPSA) is 44.9 Å². The van der Waals surface area contributed by atoms with Crippen LogP contribution in [-0.2, 0) is 13.1 Å². The molecule has 0 radical (unpaired) electrons. The minimum absolute atomic E-state index is 0.127. The maximum absolute atomic E-state index is 9.21. The van der Waals surface area contributed by atoms with Gasteiger partial charge in [0.05, 0.1) is 18.0 Å². The van der Waals surface area contributed by atoms with E-state index in [1.807, 2.05) is 23.1 Å². The van der Waals surface area contributed by atoms with E-state index in [-0.39, 0.29) is 5.41 Å². The molecule has 0 N–H and O–H groups in total. The Morgan fingerprint density at radius 3 is 2.55 bits per heavy atom. The van der Waals surface area contributed by atoms with Gasteiger partial charge < -0.3 is 0 Å². The Bertz CT molecular complexity index is 646. The molecule has 0 atom stereocenters. The summed E-state index contributed by atoms with van der Waals surface area (Å²) in [5.41, 5.74) is 2.49. The number of hydrogen-bond acceptors (Lipinski definition) is 3. The highest BCUT2D eigenvalue weighted by Crippen LogP contribution is 2.30. The third kappa shape index (κ3) is 3.55. The highest BCUT2D eigenvalue weighted by Gasteiger charge is 2.29. The Hall–Kier alpha value is -2.12. The van der Waals surface area contributed by atoms with Crippen molar-refractivity contribution in [2.45, 2.75) is 32.9 Å². The summed E-state index contributed by atoms with van der Waals surface area (Å²) < 4.78 is 1.94. The van der Waals surface area contributed by atoms with Crippen LogP contribution in [0.1, 0.15) is 30.9 Å². The molecule has 4 nitrogen and oxygen atoms in total. The number of piperidine rings is 1. The van der Waals surface area contributed by atoms with E-state index in [1.54, 1.807) is 0 Å². The molecule has 2 heterocycles. The van der Waals surface area contributed by atoms with Gasteiger partial charge in [-0.1, -0.05) is 24.3 Å². The van der Waals surface area contributed by atoms with Gasteiger partial charge in [0.2, 0.25) is 0 Å². The quantitative estimate of drug-likeness (QED) is 0.870. The van der Waals surface area contributed by atoms with Crippen molar-refractivity contribution in [2.75, 3.05) is 13.1 Å². The lowest BCUT2D eigenvalue weighted by atomic mass is 9.82. The smallest absolute Gasteiger partial charge is 0.0687 e. The van der Waals surface area contributed by atoms with Crippen LogP contribution in [0.5, 0.6) is 0 Å². The summed E-state index contributed by atoms with van der Waals surface area (Å²) in [6.07, 6.45) is 5.73. The van der Waals surface area contributed by atoms with Crippen LogP contribution in [0.4, 0.5) is 0 Å². The maximum atomic E-state index is 9.21. The summed E-state index contributed by atoms with van der Waals surface area (Å²) in [5, 5.41) is 13.5. The first-order chi connectivity index (χ1) is 10.7. The SMILES string of the molecule is CC1(C#N)CCN(Cc2cccc(Cn3cccn3)c2)CC1. The van der Waals surface area contributed by atoms with Crippen molar-refractivity contribution in [1.29, 1.82) is 5.26 Å². The summed E-state index contributed by atoms with van der Waals surface area (Å²) in [4.78, 5) is 2.45. The van der Waals surface area contributed by atoms with Crippen LogP contribution in [0.2, 0.25) is 0 Å². The molecule has 22 heavy (non-hydrogen) atoms. The first kappa shape index (κ1) is 14.8. The van der Waals surface area contributed by atoms with Gasteiger partial charge in [0.1, 0.15) is 0 Å². The van der Waals surface area contributed by atoms with E-state index in [9.17, 15) is 5.26 Å². The zero-order chi connectivity index (χ0) is 15.4. The van der Waals surface area contributed by atoms with Crippen LogP contribution in [0.25, 0.3) is 0 Å². The summed E-state index contributed by atoms with van der Waals surface area (Å²) in [5.74, 6) is 0. The fourth-order valence-corrected chi connectivity index (χ4v) is 2.98. The molecule has 2 aromatic rings. The zero-order valence-corrected chi connectivity index (χ0v) is 13.1. The van der Waals surface area contributed by atoms with Gasteiger partial charge >= 0.3 is 0 Å².